The number of rotatable bonds is 6. The zero-order chi connectivity index (χ0) is 17.8. The maximum atomic E-state index is 12.6. The molecule has 0 aliphatic heterocycles. The summed E-state index contributed by atoms with van der Waals surface area (Å²) in [6.45, 7) is 9.99. The zero-order valence-corrected chi connectivity index (χ0v) is 15.4. The summed E-state index contributed by atoms with van der Waals surface area (Å²) in [4.78, 5) is 26.8. The third-order valence-electron chi connectivity index (χ3n) is 3.88. The van der Waals surface area contributed by atoms with E-state index in [1.807, 2.05) is 20.8 Å². The maximum Gasteiger partial charge on any atom is 0.239 e. The van der Waals surface area contributed by atoms with Gasteiger partial charge in [-0.2, -0.15) is 0 Å². The van der Waals surface area contributed by atoms with E-state index in [0.29, 0.717) is 29.5 Å². The van der Waals surface area contributed by atoms with E-state index in [1.54, 1.807) is 30.9 Å². The van der Waals surface area contributed by atoms with Gasteiger partial charge < -0.3 is 15.0 Å². The molecule has 1 N–H and O–H groups in total. The van der Waals surface area contributed by atoms with Crippen molar-refractivity contribution in [1.82, 2.24) is 4.90 Å². The predicted octanol–water partition coefficient (Wildman–Crippen LogP) is 3.49. The molecule has 0 atom stereocenters. The first-order valence-electron chi connectivity index (χ1n) is 7.63. The Kier molecular flexibility index (Phi) is 6.45. The van der Waals surface area contributed by atoms with Crippen LogP contribution in [0.15, 0.2) is 12.1 Å². The quantitative estimate of drug-likeness (QED) is 0.806. The smallest absolute Gasteiger partial charge is 0.239 e. The molecule has 0 heterocycles. The van der Waals surface area contributed by atoms with Crippen molar-refractivity contribution in [3.8, 4) is 5.75 Å². The molecule has 5 nitrogen and oxygen atoms in total. The monoisotopic (exact) mass is 340 g/mol. The van der Waals surface area contributed by atoms with E-state index in [-0.39, 0.29) is 11.8 Å². The Hall–Kier alpha value is -1.75. The van der Waals surface area contributed by atoms with Gasteiger partial charge in [-0.1, -0.05) is 11.6 Å². The number of nitrogens with one attached hydrogen (secondary N) is 1. The number of carbonyl (C=O) groups excluding carboxylic acids is 2. The maximum absolute atomic E-state index is 12.6. The Morgan fingerprint density at radius 2 is 1.83 bits per heavy atom. The van der Waals surface area contributed by atoms with Crippen molar-refractivity contribution in [2.75, 3.05) is 25.5 Å². The van der Waals surface area contributed by atoms with Crippen LogP contribution in [0.5, 0.6) is 5.75 Å². The first-order chi connectivity index (χ1) is 10.7. The summed E-state index contributed by atoms with van der Waals surface area (Å²) in [6.07, 6.45) is 0. The number of benzene rings is 1. The molecule has 0 saturated carbocycles. The normalized spacial score (nSPS) is 11.1. The minimum absolute atomic E-state index is 0.204. The number of hydrogen-bond acceptors (Lipinski definition) is 3. The summed E-state index contributed by atoms with van der Waals surface area (Å²) in [5.41, 5.74) is 0.139. The Labute approximate surface area is 142 Å². The largest absolute Gasteiger partial charge is 0.495 e. The second-order valence-electron chi connectivity index (χ2n) is 5.86. The molecule has 2 amide bonds. The number of ether oxygens (including phenoxy) is 1. The number of aryl methyl sites for hydroxylation is 1. The van der Waals surface area contributed by atoms with Gasteiger partial charge in [-0.3, -0.25) is 9.59 Å². The van der Waals surface area contributed by atoms with Crippen molar-refractivity contribution in [2.45, 2.75) is 34.6 Å². The molecule has 0 spiro atoms. The van der Waals surface area contributed by atoms with Gasteiger partial charge >= 0.3 is 0 Å². The lowest BCUT2D eigenvalue weighted by atomic mass is 9.90. The third kappa shape index (κ3) is 4.16. The highest BCUT2D eigenvalue weighted by Gasteiger charge is 2.38. The minimum atomic E-state index is -1.18. The van der Waals surface area contributed by atoms with Crippen molar-refractivity contribution in [3.63, 3.8) is 0 Å². The molecule has 0 aromatic heterocycles. The number of anilines is 1. The summed E-state index contributed by atoms with van der Waals surface area (Å²) in [6, 6.07) is 3.38. The molecule has 0 saturated heterocycles. The molecule has 1 aromatic carbocycles. The molecular weight excluding hydrogens is 316 g/mol. The Balaban J connectivity index is 3.07. The highest BCUT2D eigenvalue weighted by molar-refractivity contribution is 6.31. The topological polar surface area (TPSA) is 58.6 Å². The second-order valence-corrected chi connectivity index (χ2v) is 6.27. The molecule has 0 aliphatic rings. The number of methoxy groups -OCH3 is 1. The molecule has 0 aliphatic carbocycles. The fourth-order valence-corrected chi connectivity index (χ4v) is 2.37. The summed E-state index contributed by atoms with van der Waals surface area (Å²) in [5, 5.41) is 3.34. The molecular formula is C17H25ClN2O3. The van der Waals surface area contributed by atoms with Crippen LogP contribution in [0.3, 0.4) is 0 Å². The summed E-state index contributed by atoms with van der Waals surface area (Å²) in [7, 11) is 1.50. The SMILES string of the molecule is CCN(CC)C(=O)C(C)(C)C(=O)Nc1cc(C)c(Cl)cc1OC. The molecule has 6 heteroatoms. The van der Waals surface area contributed by atoms with E-state index >= 15 is 0 Å². The Bertz CT molecular complexity index is 596. The van der Waals surface area contributed by atoms with Crippen molar-refractivity contribution in [3.05, 3.63) is 22.7 Å². The highest BCUT2D eigenvalue weighted by atomic mass is 35.5. The Morgan fingerprint density at radius 1 is 1.26 bits per heavy atom. The number of hydrogen-bond donors (Lipinski definition) is 1. The first kappa shape index (κ1) is 19.3. The van der Waals surface area contributed by atoms with Crippen LogP contribution in [0.1, 0.15) is 33.3 Å². The van der Waals surface area contributed by atoms with Crippen molar-refractivity contribution < 1.29 is 14.3 Å². The van der Waals surface area contributed by atoms with Gasteiger partial charge in [-0.05, 0) is 46.2 Å². The molecule has 0 bridgehead atoms. The Morgan fingerprint density at radius 3 is 2.30 bits per heavy atom. The van der Waals surface area contributed by atoms with Crippen molar-refractivity contribution >= 4 is 29.1 Å². The van der Waals surface area contributed by atoms with E-state index in [0.717, 1.165) is 5.56 Å². The van der Waals surface area contributed by atoms with E-state index in [4.69, 9.17) is 16.3 Å². The van der Waals surface area contributed by atoms with Gasteiger partial charge in [-0.15, -0.1) is 0 Å². The van der Waals surface area contributed by atoms with Gasteiger partial charge in [0.15, 0.2) is 0 Å². The molecule has 0 unspecified atom stereocenters. The van der Waals surface area contributed by atoms with Crippen LogP contribution < -0.4 is 10.1 Å². The van der Waals surface area contributed by atoms with Crippen LogP contribution in [0, 0.1) is 12.3 Å². The van der Waals surface area contributed by atoms with Gasteiger partial charge in [0, 0.05) is 24.2 Å². The average molecular weight is 341 g/mol. The number of amides is 2. The van der Waals surface area contributed by atoms with Gasteiger partial charge in [0.05, 0.1) is 12.8 Å². The predicted molar refractivity (Wildman–Crippen MR) is 93.1 cm³/mol. The van der Waals surface area contributed by atoms with Gasteiger partial charge in [0.1, 0.15) is 11.2 Å². The summed E-state index contributed by atoms with van der Waals surface area (Å²) in [5.74, 6) is -0.126. The zero-order valence-electron chi connectivity index (χ0n) is 14.6. The van der Waals surface area contributed by atoms with Gasteiger partial charge in [0.2, 0.25) is 11.8 Å². The van der Waals surface area contributed by atoms with Crippen LogP contribution >= 0.6 is 11.6 Å². The van der Waals surface area contributed by atoms with Crippen molar-refractivity contribution in [2.24, 2.45) is 5.41 Å². The van der Waals surface area contributed by atoms with E-state index < -0.39 is 5.41 Å². The lowest BCUT2D eigenvalue weighted by molar-refractivity contribution is -0.146. The average Bonchev–Trinajstić information content (AvgIpc) is 2.51. The number of halogens is 1. The lowest BCUT2D eigenvalue weighted by Crippen LogP contribution is -2.47. The molecule has 1 rings (SSSR count). The van der Waals surface area contributed by atoms with Crippen LogP contribution in [0.2, 0.25) is 5.02 Å². The van der Waals surface area contributed by atoms with Crippen LogP contribution in [-0.2, 0) is 9.59 Å². The lowest BCUT2D eigenvalue weighted by Gasteiger charge is -2.29. The summed E-state index contributed by atoms with van der Waals surface area (Å²) >= 11 is 6.07. The van der Waals surface area contributed by atoms with Gasteiger partial charge in [0.25, 0.3) is 0 Å². The fraction of sp³-hybridized carbons (Fsp3) is 0.529. The van der Waals surface area contributed by atoms with Crippen molar-refractivity contribution in [1.29, 1.82) is 0 Å². The van der Waals surface area contributed by atoms with Crippen LogP contribution in [0.25, 0.3) is 0 Å². The highest BCUT2D eigenvalue weighted by Crippen LogP contribution is 2.32. The van der Waals surface area contributed by atoms with E-state index in [1.165, 1.54) is 7.11 Å². The minimum Gasteiger partial charge on any atom is -0.495 e. The molecule has 0 radical (unpaired) electrons. The van der Waals surface area contributed by atoms with Crippen LogP contribution in [0.4, 0.5) is 5.69 Å². The standard InChI is InChI=1S/C17H25ClN2O3/c1-7-20(8-2)16(22)17(4,5)15(21)19-13-9-11(3)12(18)10-14(13)23-6/h9-10H,7-8H2,1-6H3,(H,19,21). The molecule has 1 aromatic rings. The molecule has 128 valence electrons. The molecule has 0 fully saturated rings. The van der Waals surface area contributed by atoms with Gasteiger partial charge in [-0.25, -0.2) is 0 Å². The second kappa shape index (κ2) is 7.68. The van der Waals surface area contributed by atoms with E-state index in [2.05, 4.69) is 5.32 Å². The fourth-order valence-electron chi connectivity index (χ4n) is 2.21. The summed E-state index contributed by atoms with van der Waals surface area (Å²) < 4.78 is 5.25. The molecule has 23 heavy (non-hydrogen) atoms. The van der Waals surface area contributed by atoms with Crippen LogP contribution in [-0.4, -0.2) is 36.9 Å². The third-order valence-corrected chi connectivity index (χ3v) is 4.29. The first-order valence-corrected chi connectivity index (χ1v) is 8.01. The number of nitrogens with zero attached hydrogens (tertiary/aromatic N) is 1. The van der Waals surface area contributed by atoms with E-state index in [9.17, 15) is 9.59 Å². The number of carbonyl (C=O) groups is 2.